The molecule has 0 amide bonds. The molecule has 0 aliphatic carbocycles. The summed E-state index contributed by atoms with van der Waals surface area (Å²) < 4.78 is 1.43. The third kappa shape index (κ3) is 5.45. The molecule has 0 aliphatic heterocycles. The molecule has 0 N–H and O–H groups in total. The van der Waals surface area contributed by atoms with Gasteiger partial charge in [-0.15, -0.1) is 0 Å². The Kier molecular flexibility index (Phi) is 9.41. The first-order valence-corrected chi connectivity index (χ1v) is 11.8. The topological polar surface area (TPSA) is 25.8 Å². The van der Waals surface area contributed by atoms with Crippen molar-refractivity contribution in [3.63, 3.8) is 0 Å². The van der Waals surface area contributed by atoms with Gasteiger partial charge in [0.15, 0.2) is 0 Å². The summed E-state index contributed by atoms with van der Waals surface area (Å²) >= 11 is 7.85. The van der Waals surface area contributed by atoms with Crippen LogP contribution in [0.5, 0.6) is 0 Å². The molecule has 4 heteroatoms. The second-order valence-electron chi connectivity index (χ2n) is 6.92. The molecule has 0 saturated heterocycles. The van der Waals surface area contributed by atoms with Crippen molar-refractivity contribution < 1.29 is 0 Å². The zero-order valence-corrected chi connectivity index (χ0v) is 20.0. The maximum atomic E-state index is 6.40. The van der Waals surface area contributed by atoms with Crippen molar-refractivity contribution >= 4 is 37.7 Å². The molecule has 0 atom stereocenters. The fourth-order valence-corrected chi connectivity index (χ4v) is 4.95. The van der Waals surface area contributed by atoms with Crippen molar-refractivity contribution in [1.82, 2.24) is 9.97 Å². The van der Waals surface area contributed by atoms with Crippen LogP contribution in [0.2, 0.25) is 5.15 Å². The van der Waals surface area contributed by atoms with Crippen LogP contribution in [0.4, 0.5) is 0 Å². The van der Waals surface area contributed by atoms with E-state index in [0.717, 1.165) is 12.1 Å². The van der Waals surface area contributed by atoms with Crippen molar-refractivity contribution in [2.75, 3.05) is 0 Å². The fourth-order valence-electron chi connectivity index (χ4n) is 3.41. The summed E-state index contributed by atoms with van der Waals surface area (Å²) in [6, 6.07) is 2.37. The van der Waals surface area contributed by atoms with Gasteiger partial charge in [0.1, 0.15) is 0 Å². The molecule has 3 radical (unpaired) electrons. The summed E-state index contributed by atoms with van der Waals surface area (Å²) in [6.07, 6.45) is 14.4. The zero-order valence-electron chi connectivity index (χ0n) is 16.4. The molecular formula is C22H30ClN2Sn. The van der Waals surface area contributed by atoms with Crippen molar-refractivity contribution in [2.45, 2.75) is 78.6 Å². The summed E-state index contributed by atoms with van der Waals surface area (Å²) in [5.41, 5.74) is 6.75. The van der Waals surface area contributed by atoms with Crippen molar-refractivity contribution in [3.05, 3.63) is 40.3 Å². The van der Waals surface area contributed by atoms with Gasteiger partial charge in [-0.05, 0) is 0 Å². The molecule has 1 aromatic heterocycles. The van der Waals surface area contributed by atoms with Gasteiger partial charge in [0.05, 0.1) is 0 Å². The molecule has 1 aromatic carbocycles. The summed E-state index contributed by atoms with van der Waals surface area (Å²) in [5, 5.41) is 0.514. The Morgan fingerprint density at radius 2 is 1.42 bits per heavy atom. The van der Waals surface area contributed by atoms with E-state index >= 15 is 0 Å². The van der Waals surface area contributed by atoms with Crippen molar-refractivity contribution in [2.24, 2.45) is 0 Å². The van der Waals surface area contributed by atoms with E-state index in [1.807, 2.05) is 0 Å². The maximum absolute atomic E-state index is 6.40. The Hall–Kier alpha value is -0.611. The molecule has 0 saturated carbocycles. The van der Waals surface area contributed by atoms with Gasteiger partial charge in [-0.25, -0.2) is 0 Å². The fraction of sp³-hybridized carbons (Fsp3) is 0.545. The normalized spacial score (nSPS) is 11.1. The van der Waals surface area contributed by atoms with Gasteiger partial charge < -0.3 is 0 Å². The first-order valence-electron chi connectivity index (χ1n) is 10.00. The Bertz CT molecular complexity index is 716. The molecule has 2 rings (SSSR count). The van der Waals surface area contributed by atoms with Crippen LogP contribution in [-0.4, -0.2) is 32.5 Å². The molecule has 0 aliphatic rings. The number of rotatable bonds is 10. The van der Waals surface area contributed by atoms with Gasteiger partial charge in [-0.2, -0.15) is 0 Å². The Labute approximate surface area is 177 Å². The summed E-state index contributed by atoms with van der Waals surface area (Å²) in [7, 11) is 0. The van der Waals surface area contributed by atoms with Gasteiger partial charge in [0.2, 0.25) is 0 Å². The average Bonchev–Trinajstić information content (AvgIpc) is 2.65. The molecule has 0 unspecified atom stereocenters. The molecule has 139 valence electrons. The third-order valence-electron chi connectivity index (χ3n) is 4.91. The van der Waals surface area contributed by atoms with Crippen LogP contribution in [0.1, 0.15) is 76.0 Å². The van der Waals surface area contributed by atoms with E-state index in [4.69, 9.17) is 11.6 Å². The summed E-state index contributed by atoms with van der Waals surface area (Å²) in [6.45, 7) is 6.82. The minimum absolute atomic E-state index is 0.514. The monoisotopic (exact) mass is 477 g/mol. The van der Waals surface area contributed by atoms with Crippen LogP contribution >= 0.6 is 11.6 Å². The first kappa shape index (κ1) is 21.7. The molecule has 0 spiro atoms. The van der Waals surface area contributed by atoms with Crippen molar-refractivity contribution in [3.8, 4) is 11.3 Å². The molecule has 2 nitrogen and oxygen atoms in total. The van der Waals surface area contributed by atoms with E-state index < -0.39 is 0 Å². The van der Waals surface area contributed by atoms with Crippen LogP contribution in [0.3, 0.4) is 0 Å². The predicted molar refractivity (Wildman–Crippen MR) is 114 cm³/mol. The number of halogens is 1. The van der Waals surface area contributed by atoms with Crippen LogP contribution in [-0.2, 0) is 19.3 Å². The molecule has 0 fully saturated rings. The van der Waals surface area contributed by atoms with Gasteiger partial charge in [0, 0.05) is 0 Å². The van der Waals surface area contributed by atoms with E-state index in [2.05, 4.69) is 36.8 Å². The molecule has 0 bridgehead atoms. The Morgan fingerprint density at radius 1 is 0.846 bits per heavy atom. The number of aromatic nitrogens is 2. The first-order chi connectivity index (χ1) is 12.6. The third-order valence-corrected chi connectivity index (χ3v) is 6.82. The standard InChI is InChI=1S/C22H30ClN2.Sn/c1-4-7-10-17-15-19(21-22(23)25-14-13-24-21)16-18(11-8-5-2)20(17)12-9-6-3;/h13-15H,4-12H2,1-3H3;. The number of hydrogen-bond acceptors (Lipinski definition) is 2. The molecular weight excluding hydrogens is 446 g/mol. The molecule has 1 heterocycles. The Balaban J connectivity index is 2.63. The van der Waals surface area contributed by atoms with Gasteiger partial charge >= 0.3 is 178 Å². The Morgan fingerprint density at radius 3 is 2.04 bits per heavy atom. The number of benzene rings is 1. The zero-order chi connectivity index (χ0) is 18.9. The number of nitrogens with zero attached hydrogens (tertiary/aromatic N) is 2. The minimum atomic E-state index is 0.514. The average molecular weight is 477 g/mol. The van der Waals surface area contributed by atoms with Crippen LogP contribution in [0.15, 0.2) is 18.5 Å². The van der Waals surface area contributed by atoms with Crippen LogP contribution in [0, 0.1) is 0 Å². The number of unbranched alkanes of at least 4 members (excludes halogenated alkanes) is 3. The number of aryl methyl sites for hydroxylation is 1. The van der Waals surface area contributed by atoms with E-state index in [9.17, 15) is 0 Å². The SMILES string of the molecule is CCCCc1cc(-c2nccnc2Cl)[c]([Sn])c(CCCC)c1CCCC. The summed E-state index contributed by atoms with van der Waals surface area (Å²) in [5.74, 6) is 0. The van der Waals surface area contributed by atoms with E-state index in [1.54, 1.807) is 23.5 Å². The van der Waals surface area contributed by atoms with E-state index in [1.165, 1.54) is 88.6 Å². The van der Waals surface area contributed by atoms with Crippen molar-refractivity contribution in [1.29, 1.82) is 0 Å². The molecule has 2 aromatic rings. The second-order valence-corrected chi connectivity index (χ2v) is 8.71. The van der Waals surface area contributed by atoms with E-state index in [-0.39, 0.29) is 0 Å². The van der Waals surface area contributed by atoms with E-state index in [0.29, 0.717) is 5.15 Å². The second kappa shape index (κ2) is 11.3. The predicted octanol–water partition coefficient (Wildman–Crippen LogP) is 5.62. The van der Waals surface area contributed by atoms with Crippen LogP contribution < -0.4 is 3.58 Å². The molecule has 26 heavy (non-hydrogen) atoms. The quantitative estimate of drug-likeness (QED) is 0.416. The number of hydrogen-bond donors (Lipinski definition) is 0. The van der Waals surface area contributed by atoms with Gasteiger partial charge in [0.25, 0.3) is 0 Å². The van der Waals surface area contributed by atoms with Gasteiger partial charge in [-0.3, -0.25) is 0 Å². The summed E-state index contributed by atoms with van der Waals surface area (Å²) in [4.78, 5) is 8.83. The van der Waals surface area contributed by atoms with Crippen LogP contribution in [0.25, 0.3) is 11.3 Å². The van der Waals surface area contributed by atoms with Gasteiger partial charge in [-0.1, -0.05) is 0 Å².